The monoisotopic (exact) mass is 529 g/mol. The number of nitrogens with zero attached hydrogens (tertiary/aromatic N) is 3. The summed E-state index contributed by atoms with van der Waals surface area (Å²) in [5, 5.41) is 16.1. The first-order chi connectivity index (χ1) is 15.9. The standard InChI is InChI=1S/C24H21BrClN3O4/c1-2-33-17-8-5-15-11-18(24(26)27-19(15)12-17)21-13-20(14-3-6-16(25)7-4-14)28-29(21)22(30)9-10-23(31)32/h3-8,11-12,21H,2,9-10,13H2,1H3,(H,31,32). The molecule has 4 rings (SSSR count). The average Bonchev–Trinajstić information content (AvgIpc) is 3.23. The highest BCUT2D eigenvalue weighted by molar-refractivity contribution is 9.10. The van der Waals surface area contributed by atoms with Gasteiger partial charge < -0.3 is 9.84 Å². The molecule has 0 saturated heterocycles. The number of benzene rings is 2. The number of hydrazone groups is 1. The minimum Gasteiger partial charge on any atom is -0.494 e. The Kier molecular flexibility index (Phi) is 6.95. The van der Waals surface area contributed by atoms with Crippen molar-refractivity contribution in [3.63, 3.8) is 0 Å². The number of hydrogen-bond acceptors (Lipinski definition) is 5. The van der Waals surface area contributed by atoms with E-state index in [1.54, 1.807) is 0 Å². The number of amides is 1. The number of aromatic nitrogens is 1. The molecule has 0 aliphatic carbocycles. The molecule has 2 aromatic carbocycles. The molecule has 0 radical (unpaired) electrons. The summed E-state index contributed by atoms with van der Waals surface area (Å²) in [7, 11) is 0. The number of hydrogen-bond donors (Lipinski definition) is 1. The van der Waals surface area contributed by atoms with Crippen LogP contribution in [0.1, 0.15) is 43.4 Å². The van der Waals surface area contributed by atoms with Gasteiger partial charge in [0.05, 0.1) is 30.3 Å². The van der Waals surface area contributed by atoms with Gasteiger partial charge in [-0.05, 0) is 42.8 Å². The second kappa shape index (κ2) is 9.89. The number of pyridine rings is 1. The van der Waals surface area contributed by atoms with Crippen molar-refractivity contribution in [2.45, 2.75) is 32.2 Å². The quantitative estimate of drug-likeness (QED) is 0.402. The second-order valence-electron chi connectivity index (χ2n) is 7.56. The molecule has 0 fully saturated rings. The van der Waals surface area contributed by atoms with Gasteiger partial charge in [-0.3, -0.25) is 9.59 Å². The molecule has 1 amide bonds. The molecule has 0 spiro atoms. The van der Waals surface area contributed by atoms with Gasteiger partial charge in [-0.25, -0.2) is 9.99 Å². The van der Waals surface area contributed by atoms with Crippen LogP contribution in [0.5, 0.6) is 5.75 Å². The highest BCUT2D eigenvalue weighted by Gasteiger charge is 2.35. The maximum absolute atomic E-state index is 12.9. The largest absolute Gasteiger partial charge is 0.494 e. The molecular weight excluding hydrogens is 510 g/mol. The van der Waals surface area contributed by atoms with E-state index in [0.29, 0.717) is 29.9 Å². The Balaban J connectivity index is 1.71. The molecular formula is C24H21BrClN3O4. The van der Waals surface area contributed by atoms with Crippen LogP contribution in [0.4, 0.5) is 0 Å². The molecule has 1 unspecified atom stereocenters. The first kappa shape index (κ1) is 23.2. The van der Waals surface area contributed by atoms with Crippen LogP contribution in [-0.2, 0) is 9.59 Å². The molecule has 2 heterocycles. The lowest BCUT2D eigenvalue weighted by atomic mass is 9.98. The molecule has 33 heavy (non-hydrogen) atoms. The van der Waals surface area contributed by atoms with Crippen molar-refractivity contribution >= 4 is 56.0 Å². The van der Waals surface area contributed by atoms with Crippen LogP contribution in [0.3, 0.4) is 0 Å². The van der Waals surface area contributed by atoms with Crippen molar-refractivity contribution in [1.82, 2.24) is 9.99 Å². The Morgan fingerprint density at radius 1 is 1.18 bits per heavy atom. The summed E-state index contributed by atoms with van der Waals surface area (Å²) in [6.45, 7) is 2.45. The zero-order valence-electron chi connectivity index (χ0n) is 17.8. The minimum absolute atomic E-state index is 0.153. The van der Waals surface area contributed by atoms with Crippen LogP contribution < -0.4 is 4.74 Å². The Hall–Kier alpha value is -2.97. The Morgan fingerprint density at radius 3 is 2.64 bits per heavy atom. The van der Waals surface area contributed by atoms with Crippen molar-refractivity contribution in [1.29, 1.82) is 0 Å². The van der Waals surface area contributed by atoms with Gasteiger partial charge in [-0.15, -0.1) is 0 Å². The van der Waals surface area contributed by atoms with E-state index in [4.69, 9.17) is 21.4 Å². The van der Waals surface area contributed by atoms with Crippen LogP contribution in [0.15, 0.2) is 58.1 Å². The molecule has 0 saturated carbocycles. The van der Waals surface area contributed by atoms with Crippen LogP contribution in [0.2, 0.25) is 5.15 Å². The van der Waals surface area contributed by atoms with Gasteiger partial charge in [-0.2, -0.15) is 5.10 Å². The molecule has 0 bridgehead atoms. The van der Waals surface area contributed by atoms with Gasteiger partial charge in [0.2, 0.25) is 5.91 Å². The van der Waals surface area contributed by atoms with E-state index in [0.717, 1.165) is 21.1 Å². The summed E-state index contributed by atoms with van der Waals surface area (Å²) in [5.74, 6) is -0.711. The van der Waals surface area contributed by atoms with Crippen molar-refractivity contribution in [3.05, 3.63) is 69.3 Å². The Bertz CT molecular complexity index is 1250. The van der Waals surface area contributed by atoms with Crippen LogP contribution in [0.25, 0.3) is 10.9 Å². The molecule has 1 aliphatic rings. The van der Waals surface area contributed by atoms with E-state index >= 15 is 0 Å². The maximum Gasteiger partial charge on any atom is 0.303 e. The molecule has 1 aliphatic heterocycles. The van der Waals surface area contributed by atoms with Gasteiger partial charge in [0.25, 0.3) is 0 Å². The maximum atomic E-state index is 12.9. The number of aliphatic carboxylic acids is 1. The molecule has 9 heteroatoms. The zero-order valence-corrected chi connectivity index (χ0v) is 20.1. The van der Waals surface area contributed by atoms with Crippen molar-refractivity contribution in [2.75, 3.05) is 6.61 Å². The predicted octanol–water partition coefficient (Wildman–Crippen LogP) is 5.59. The predicted molar refractivity (Wildman–Crippen MR) is 130 cm³/mol. The number of ether oxygens (including phenoxy) is 1. The average molecular weight is 531 g/mol. The van der Waals surface area contributed by atoms with Crippen LogP contribution in [-0.4, -0.2) is 39.3 Å². The third kappa shape index (κ3) is 5.17. The number of carbonyl (C=O) groups excluding carboxylic acids is 1. The van der Waals surface area contributed by atoms with Crippen molar-refractivity contribution < 1.29 is 19.4 Å². The van der Waals surface area contributed by atoms with Crippen LogP contribution in [0, 0.1) is 0 Å². The minimum atomic E-state index is -1.04. The zero-order chi connectivity index (χ0) is 23.5. The summed E-state index contributed by atoms with van der Waals surface area (Å²) < 4.78 is 6.48. The molecule has 3 aromatic rings. The van der Waals surface area contributed by atoms with Gasteiger partial charge in [-0.1, -0.05) is 39.7 Å². The first-order valence-corrected chi connectivity index (χ1v) is 11.6. The second-order valence-corrected chi connectivity index (χ2v) is 8.84. The summed E-state index contributed by atoms with van der Waals surface area (Å²) in [6.07, 6.45) is 0.0127. The molecule has 1 atom stereocenters. The summed E-state index contributed by atoms with van der Waals surface area (Å²) in [6, 6.07) is 14.6. The summed E-state index contributed by atoms with van der Waals surface area (Å²) in [4.78, 5) is 28.5. The lowest BCUT2D eigenvalue weighted by Gasteiger charge is -2.23. The van der Waals surface area contributed by atoms with E-state index in [1.165, 1.54) is 5.01 Å². The summed E-state index contributed by atoms with van der Waals surface area (Å²) in [5.41, 5.74) is 2.94. The lowest BCUT2D eigenvalue weighted by molar-refractivity contribution is -0.141. The highest BCUT2D eigenvalue weighted by Crippen LogP contribution is 2.38. The highest BCUT2D eigenvalue weighted by atomic mass is 79.9. The number of carbonyl (C=O) groups is 2. The van der Waals surface area contributed by atoms with Gasteiger partial charge in [0, 0.05) is 34.3 Å². The number of carboxylic acid groups (broad SMARTS) is 1. The third-order valence-corrected chi connectivity index (χ3v) is 6.17. The van der Waals surface area contributed by atoms with Crippen LogP contribution >= 0.6 is 27.5 Å². The van der Waals surface area contributed by atoms with Gasteiger partial charge >= 0.3 is 5.97 Å². The van der Waals surface area contributed by atoms with E-state index < -0.39 is 12.0 Å². The smallest absolute Gasteiger partial charge is 0.303 e. The van der Waals surface area contributed by atoms with E-state index in [2.05, 4.69) is 26.0 Å². The van der Waals surface area contributed by atoms with Crippen molar-refractivity contribution in [3.8, 4) is 5.75 Å². The van der Waals surface area contributed by atoms with Gasteiger partial charge in [0.15, 0.2) is 0 Å². The molecule has 1 N–H and O–H groups in total. The van der Waals surface area contributed by atoms with E-state index in [-0.39, 0.29) is 23.9 Å². The van der Waals surface area contributed by atoms with Gasteiger partial charge in [0.1, 0.15) is 10.9 Å². The molecule has 7 nitrogen and oxygen atoms in total. The SMILES string of the molecule is CCOc1ccc2cc(C3CC(c4ccc(Br)cc4)=NN3C(=O)CCC(=O)O)c(Cl)nc2c1. The fourth-order valence-electron chi connectivity index (χ4n) is 3.76. The normalized spacial score (nSPS) is 15.5. The fourth-order valence-corrected chi connectivity index (χ4v) is 4.29. The number of fused-ring (bicyclic) bond motifs is 1. The summed E-state index contributed by atoms with van der Waals surface area (Å²) >= 11 is 10.0. The number of halogens is 2. The topological polar surface area (TPSA) is 92.1 Å². The Labute approximate surface area is 204 Å². The molecule has 1 aromatic heterocycles. The number of carboxylic acids is 1. The third-order valence-electron chi connectivity index (χ3n) is 5.34. The first-order valence-electron chi connectivity index (χ1n) is 10.5. The number of rotatable bonds is 7. The fraction of sp³-hybridized carbons (Fsp3) is 0.250. The molecule has 170 valence electrons. The lowest BCUT2D eigenvalue weighted by Crippen LogP contribution is -2.27. The van der Waals surface area contributed by atoms with Crippen molar-refractivity contribution in [2.24, 2.45) is 5.10 Å². The Morgan fingerprint density at radius 2 is 1.94 bits per heavy atom. The van der Waals surface area contributed by atoms with E-state index in [1.807, 2.05) is 55.5 Å². The van der Waals surface area contributed by atoms with E-state index in [9.17, 15) is 9.59 Å².